The highest BCUT2D eigenvalue weighted by molar-refractivity contribution is 5.82. The molecule has 2 amide bonds. The third kappa shape index (κ3) is 3.77. The lowest BCUT2D eigenvalue weighted by atomic mass is 10.2. The minimum absolute atomic E-state index is 0.219. The van der Waals surface area contributed by atoms with Crippen molar-refractivity contribution in [1.29, 1.82) is 0 Å². The van der Waals surface area contributed by atoms with E-state index in [1.54, 1.807) is 6.92 Å². The Kier molecular flexibility index (Phi) is 4.39. The average Bonchev–Trinajstić information content (AvgIpc) is 2.66. The Bertz CT molecular complexity index is 237. The molecule has 1 atom stereocenters. The van der Waals surface area contributed by atoms with E-state index < -0.39 is 12.0 Å². The summed E-state index contributed by atoms with van der Waals surface area (Å²) in [6.45, 7) is 1.73. The van der Waals surface area contributed by atoms with Gasteiger partial charge in [0, 0.05) is 6.04 Å². The molecule has 0 saturated heterocycles. The van der Waals surface area contributed by atoms with Gasteiger partial charge in [-0.3, -0.25) is 0 Å². The van der Waals surface area contributed by atoms with Crippen LogP contribution in [0.15, 0.2) is 0 Å². The predicted octanol–water partition coefficient (Wildman–Crippen LogP) is 1.09. The number of amides is 2. The number of hydrogen-bond donors (Lipinski definition) is 3. The van der Waals surface area contributed by atoms with Crippen molar-refractivity contribution in [3.8, 4) is 0 Å². The Morgan fingerprint density at radius 1 is 1.40 bits per heavy atom. The zero-order chi connectivity index (χ0) is 11.3. The molecule has 0 spiro atoms. The van der Waals surface area contributed by atoms with Crippen LogP contribution in [0, 0.1) is 0 Å². The van der Waals surface area contributed by atoms with E-state index in [0.717, 1.165) is 25.7 Å². The Morgan fingerprint density at radius 3 is 2.47 bits per heavy atom. The van der Waals surface area contributed by atoms with Crippen LogP contribution in [0.5, 0.6) is 0 Å². The lowest BCUT2D eigenvalue weighted by Gasteiger charge is -2.16. The number of carbonyl (C=O) groups excluding carboxylic acids is 1. The van der Waals surface area contributed by atoms with Crippen molar-refractivity contribution in [2.45, 2.75) is 51.1 Å². The predicted molar refractivity (Wildman–Crippen MR) is 55.6 cm³/mol. The molecule has 1 aliphatic carbocycles. The van der Waals surface area contributed by atoms with Gasteiger partial charge in [0.2, 0.25) is 0 Å². The van der Waals surface area contributed by atoms with Crippen molar-refractivity contribution >= 4 is 12.0 Å². The van der Waals surface area contributed by atoms with Gasteiger partial charge in [-0.05, 0) is 19.3 Å². The minimum atomic E-state index is -0.987. The highest BCUT2D eigenvalue weighted by atomic mass is 16.4. The molecule has 0 aromatic rings. The van der Waals surface area contributed by atoms with Crippen LogP contribution in [0.2, 0.25) is 0 Å². The van der Waals surface area contributed by atoms with Gasteiger partial charge in [0.15, 0.2) is 0 Å². The van der Waals surface area contributed by atoms with Crippen LogP contribution in [0.3, 0.4) is 0 Å². The number of hydrogen-bond acceptors (Lipinski definition) is 2. The first-order valence-corrected chi connectivity index (χ1v) is 5.43. The molecule has 1 saturated carbocycles. The molecule has 3 N–H and O–H groups in total. The fourth-order valence-corrected chi connectivity index (χ4v) is 1.79. The molecular weight excluding hydrogens is 196 g/mol. The second-order valence-corrected chi connectivity index (χ2v) is 3.90. The molecule has 1 rings (SSSR count). The summed E-state index contributed by atoms with van der Waals surface area (Å²) >= 11 is 0. The van der Waals surface area contributed by atoms with Gasteiger partial charge < -0.3 is 15.7 Å². The molecule has 0 bridgehead atoms. The van der Waals surface area contributed by atoms with Gasteiger partial charge in [-0.2, -0.15) is 0 Å². The quantitative estimate of drug-likeness (QED) is 0.655. The molecule has 0 radical (unpaired) electrons. The second kappa shape index (κ2) is 5.58. The number of urea groups is 1. The molecule has 5 nitrogen and oxygen atoms in total. The van der Waals surface area contributed by atoms with Gasteiger partial charge in [-0.25, -0.2) is 9.59 Å². The van der Waals surface area contributed by atoms with Gasteiger partial charge >= 0.3 is 12.0 Å². The smallest absolute Gasteiger partial charge is 0.326 e. The first kappa shape index (κ1) is 11.8. The summed E-state index contributed by atoms with van der Waals surface area (Å²) in [6, 6.07) is -0.932. The van der Waals surface area contributed by atoms with E-state index in [4.69, 9.17) is 5.11 Å². The molecule has 0 heterocycles. The average molecular weight is 214 g/mol. The molecule has 0 unspecified atom stereocenters. The normalized spacial score (nSPS) is 18.5. The van der Waals surface area contributed by atoms with Crippen LogP contribution in [0.1, 0.15) is 39.0 Å². The van der Waals surface area contributed by atoms with E-state index in [-0.39, 0.29) is 12.1 Å². The number of carbonyl (C=O) groups is 2. The lowest BCUT2D eigenvalue weighted by Crippen LogP contribution is -2.48. The maximum Gasteiger partial charge on any atom is 0.326 e. The standard InChI is InChI=1S/C10H18N2O3/c1-2-8(9(13)14)12-10(15)11-7-5-3-4-6-7/h7-8H,2-6H2,1H3,(H,13,14)(H2,11,12,15)/t8-/m1/s1. The molecule has 0 aliphatic heterocycles. The van der Waals surface area contributed by atoms with E-state index in [0.29, 0.717) is 6.42 Å². The van der Waals surface area contributed by atoms with Crippen LogP contribution in [-0.4, -0.2) is 29.2 Å². The summed E-state index contributed by atoms with van der Waals surface area (Å²) in [5.74, 6) is -0.987. The topological polar surface area (TPSA) is 78.4 Å². The number of rotatable bonds is 4. The molecule has 15 heavy (non-hydrogen) atoms. The first-order chi connectivity index (χ1) is 7.13. The highest BCUT2D eigenvalue weighted by Gasteiger charge is 2.21. The highest BCUT2D eigenvalue weighted by Crippen LogP contribution is 2.17. The van der Waals surface area contributed by atoms with Gasteiger partial charge in [0.05, 0.1) is 0 Å². The van der Waals surface area contributed by atoms with Gasteiger partial charge in [-0.1, -0.05) is 19.8 Å². The monoisotopic (exact) mass is 214 g/mol. The zero-order valence-corrected chi connectivity index (χ0v) is 8.95. The van der Waals surface area contributed by atoms with Crippen LogP contribution < -0.4 is 10.6 Å². The minimum Gasteiger partial charge on any atom is -0.480 e. The van der Waals surface area contributed by atoms with Crippen LogP contribution in [0.25, 0.3) is 0 Å². The number of carboxylic acid groups (broad SMARTS) is 1. The number of carboxylic acids is 1. The maximum atomic E-state index is 11.4. The van der Waals surface area contributed by atoms with Crippen molar-refractivity contribution < 1.29 is 14.7 Å². The summed E-state index contributed by atoms with van der Waals surface area (Å²) in [4.78, 5) is 22.0. The summed E-state index contributed by atoms with van der Waals surface area (Å²) in [5, 5.41) is 14.0. The third-order valence-corrected chi connectivity index (χ3v) is 2.70. The summed E-state index contributed by atoms with van der Waals surface area (Å²) in [5.41, 5.74) is 0. The molecule has 0 aromatic carbocycles. The van der Waals surface area contributed by atoms with Crippen molar-refractivity contribution in [3.05, 3.63) is 0 Å². The maximum absolute atomic E-state index is 11.4. The fraction of sp³-hybridized carbons (Fsp3) is 0.800. The Hall–Kier alpha value is -1.26. The van der Waals surface area contributed by atoms with Crippen LogP contribution in [-0.2, 0) is 4.79 Å². The number of nitrogens with one attached hydrogen (secondary N) is 2. The fourth-order valence-electron chi connectivity index (χ4n) is 1.79. The van der Waals surface area contributed by atoms with E-state index in [2.05, 4.69) is 10.6 Å². The largest absolute Gasteiger partial charge is 0.480 e. The SMILES string of the molecule is CC[C@@H](NC(=O)NC1CCCC1)C(=O)O. The molecule has 1 fully saturated rings. The van der Waals surface area contributed by atoms with E-state index in [9.17, 15) is 9.59 Å². The van der Waals surface area contributed by atoms with Crippen molar-refractivity contribution in [2.75, 3.05) is 0 Å². The first-order valence-electron chi connectivity index (χ1n) is 5.43. The van der Waals surface area contributed by atoms with Crippen molar-refractivity contribution in [1.82, 2.24) is 10.6 Å². The molecular formula is C10H18N2O3. The summed E-state index contributed by atoms with van der Waals surface area (Å²) in [7, 11) is 0. The third-order valence-electron chi connectivity index (χ3n) is 2.70. The van der Waals surface area contributed by atoms with Gasteiger partial charge in [0.1, 0.15) is 6.04 Å². The molecule has 1 aliphatic rings. The van der Waals surface area contributed by atoms with Gasteiger partial charge in [0.25, 0.3) is 0 Å². The zero-order valence-electron chi connectivity index (χ0n) is 8.95. The molecule has 5 heteroatoms. The van der Waals surface area contributed by atoms with Crippen molar-refractivity contribution in [3.63, 3.8) is 0 Å². The number of aliphatic carboxylic acids is 1. The lowest BCUT2D eigenvalue weighted by molar-refractivity contribution is -0.139. The van der Waals surface area contributed by atoms with Crippen LogP contribution >= 0.6 is 0 Å². The molecule has 86 valence electrons. The summed E-state index contributed by atoms with van der Waals surface area (Å²) < 4.78 is 0. The second-order valence-electron chi connectivity index (χ2n) is 3.90. The Morgan fingerprint density at radius 2 is 2.00 bits per heavy atom. The van der Waals surface area contributed by atoms with Crippen LogP contribution in [0.4, 0.5) is 4.79 Å². The Balaban J connectivity index is 2.30. The van der Waals surface area contributed by atoms with Gasteiger partial charge in [-0.15, -0.1) is 0 Å². The molecule has 0 aromatic heterocycles. The van der Waals surface area contributed by atoms with E-state index in [1.165, 1.54) is 0 Å². The summed E-state index contributed by atoms with van der Waals surface area (Å²) in [6.07, 6.45) is 4.67. The Labute approximate surface area is 89.2 Å². The van der Waals surface area contributed by atoms with E-state index in [1.807, 2.05) is 0 Å². The van der Waals surface area contributed by atoms with E-state index >= 15 is 0 Å². The van der Waals surface area contributed by atoms with Crippen molar-refractivity contribution in [2.24, 2.45) is 0 Å².